The molecule has 4 rings (SSSR count). The molecule has 2 aromatic heterocycles. The second-order valence-corrected chi connectivity index (χ2v) is 7.73. The van der Waals surface area contributed by atoms with Crippen LogP contribution >= 0.6 is 35.4 Å². The first-order chi connectivity index (χ1) is 15.0. The van der Waals surface area contributed by atoms with Gasteiger partial charge in [-0.25, -0.2) is 0 Å². The van der Waals surface area contributed by atoms with Crippen LogP contribution in [-0.2, 0) is 4.79 Å². The summed E-state index contributed by atoms with van der Waals surface area (Å²) in [7, 11) is 0. The molecule has 0 saturated carbocycles. The van der Waals surface area contributed by atoms with E-state index in [0.29, 0.717) is 27.1 Å². The number of halogens is 2. The van der Waals surface area contributed by atoms with E-state index >= 15 is 0 Å². The van der Waals surface area contributed by atoms with Gasteiger partial charge in [0.2, 0.25) is 5.91 Å². The maximum absolute atomic E-state index is 12.2. The minimum Gasteiger partial charge on any atom is -0.457 e. The Morgan fingerprint density at radius 2 is 1.94 bits per heavy atom. The molecule has 4 aromatic rings. The second kappa shape index (κ2) is 9.31. The van der Waals surface area contributed by atoms with E-state index in [4.69, 9.17) is 39.8 Å². The van der Waals surface area contributed by atoms with Gasteiger partial charge in [0.05, 0.1) is 10.5 Å². The lowest BCUT2D eigenvalue weighted by Gasteiger charge is -2.10. The Morgan fingerprint density at radius 3 is 2.77 bits per heavy atom. The van der Waals surface area contributed by atoms with Crippen LogP contribution in [-0.4, -0.2) is 16.0 Å². The number of hydrogen-bond donors (Lipinski definition) is 2. The molecular formula is C23H15Cl2N3O2S. The lowest BCUT2D eigenvalue weighted by molar-refractivity contribution is -0.115. The van der Waals surface area contributed by atoms with Crippen molar-refractivity contribution in [2.45, 2.75) is 0 Å². The quantitative estimate of drug-likeness (QED) is 0.271. The Morgan fingerprint density at radius 1 is 1.06 bits per heavy atom. The highest BCUT2D eigenvalue weighted by molar-refractivity contribution is 7.80. The van der Waals surface area contributed by atoms with Crippen LogP contribution in [0.15, 0.2) is 77.4 Å². The monoisotopic (exact) mass is 467 g/mol. The number of carbonyl (C=O) groups excluding carboxylic acids is 1. The zero-order valence-electron chi connectivity index (χ0n) is 15.9. The third-order valence-corrected chi connectivity index (χ3v) is 5.10. The maximum Gasteiger partial charge on any atom is 0.250 e. The summed E-state index contributed by atoms with van der Waals surface area (Å²) >= 11 is 17.4. The van der Waals surface area contributed by atoms with Crippen molar-refractivity contribution in [2.24, 2.45) is 0 Å². The molecule has 2 heterocycles. The molecule has 0 aliphatic rings. The molecule has 0 bridgehead atoms. The summed E-state index contributed by atoms with van der Waals surface area (Å²) in [4.78, 5) is 16.5. The Bertz CT molecular complexity index is 1310. The van der Waals surface area contributed by atoms with E-state index in [9.17, 15) is 4.79 Å². The van der Waals surface area contributed by atoms with Crippen LogP contribution < -0.4 is 10.6 Å². The van der Waals surface area contributed by atoms with Crippen molar-refractivity contribution < 1.29 is 9.21 Å². The topological polar surface area (TPSA) is 67.2 Å². The number of carbonyl (C=O) groups is 1. The number of amides is 1. The van der Waals surface area contributed by atoms with E-state index in [-0.39, 0.29) is 5.11 Å². The molecule has 8 heteroatoms. The first-order valence-electron chi connectivity index (χ1n) is 9.19. The van der Waals surface area contributed by atoms with Gasteiger partial charge in [-0.2, -0.15) is 0 Å². The molecule has 0 spiro atoms. The van der Waals surface area contributed by atoms with Crippen molar-refractivity contribution in [1.82, 2.24) is 10.3 Å². The Kier molecular flexibility index (Phi) is 6.32. The fourth-order valence-electron chi connectivity index (χ4n) is 2.95. The molecular weight excluding hydrogens is 453 g/mol. The number of thiocarbonyl (C=S) groups is 1. The molecule has 0 unspecified atom stereocenters. The van der Waals surface area contributed by atoms with E-state index < -0.39 is 5.91 Å². The van der Waals surface area contributed by atoms with Gasteiger partial charge in [-0.15, -0.1) is 0 Å². The predicted octanol–water partition coefficient (Wildman–Crippen LogP) is 6.33. The lowest BCUT2D eigenvalue weighted by Crippen LogP contribution is -2.32. The molecule has 0 atom stereocenters. The second-order valence-electron chi connectivity index (χ2n) is 6.48. The Hall–Kier alpha value is -3.19. The molecule has 0 fully saturated rings. The van der Waals surface area contributed by atoms with Crippen molar-refractivity contribution >= 4 is 69.1 Å². The molecule has 0 aliphatic carbocycles. The zero-order valence-corrected chi connectivity index (χ0v) is 18.3. The van der Waals surface area contributed by atoms with E-state index in [1.54, 1.807) is 42.6 Å². The van der Waals surface area contributed by atoms with E-state index in [1.165, 1.54) is 6.08 Å². The van der Waals surface area contributed by atoms with Gasteiger partial charge in [0.25, 0.3) is 0 Å². The molecule has 154 valence electrons. The average Bonchev–Trinajstić information content (AvgIpc) is 3.21. The van der Waals surface area contributed by atoms with Crippen LogP contribution in [0.25, 0.3) is 28.3 Å². The molecule has 1 amide bonds. The van der Waals surface area contributed by atoms with Crippen molar-refractivity contribution in [3.05, 3.63) is 88.7 Å². The van der Waals surface area contributed by atoms with E-state index in [0.717, 1.165) is 16.6 Å². The smallest absolute Gasteiger partial charge is 0.250 e. The highest BCUT2D eigenvalue weighted by atomic mass is 35.5. The molecule has 5 nitrogen and oxygen atoms in total. The molecule has 2 aromatic carbocycles. The lowest BCUT2D eigenvalue weighted by atomic mass is 10.2. The van der Waals surface area contributed by atoms with Gasteiger partial charge in [-0.05, 0) is 72.9 Å². The van der Waals surface area contributed by atoms with Crippen molar-refractivity contribution in [2.75, 3.05) is 5.32 Å². The highest BCUT2D eigenvalue weighted by Gasteiger charge is 2.09. The number of hydrogen-bond acceptors (Lipinski definition) is 4. The van der Waals surface area contributed by atoms with Gasteiger partial charge >= 0.3 is 0 Å². The minimum absolute atomic E-state index is 0.180. The first kappa shape index (κ1) is 21.1. The standard InChI is InChI=1S/C23H15Cl2N3O2S/c24-14-6-9-16(18(25)13-14)21-10-7-15(30-21)8-11-22(29)28-23(31)27-20-5-1-4-19-17(20)3-2-12-26-19/h1-13H,(H2,27,28,29,31). The normalized spacial score (nSPS) is 11.0. The summed E-state index contributed by atoms with van der Waals surface area (Å²) in [5.74, 6) is 0.678. The average molecular weight is 468 g/mol. The largest absolute Gasteiger partial charge is 0.457 e. The van der Waals surface area contributed by atoms with Gasteiger partial charge < -0.3 is 9.73 Å². The van der Waals surface area contributed by atoms with Crippen LogP contribution in [0.4, 0.5) is 5.69 Å². The molecule has 0 aliphatic heterocycles. The van der Waals surface area contributed by atoms with Crippen molar-refractivity contribution in [3.63, 3.8) is 0 Å². The number of aromatic nitrogens is 1. The van der Waals surface area contributed by atoms with Gasteiger partial charge in [0.15, 0.2) is 5.11 Å². The van der Waals surface area contributed by atoms with Gasteiger partial charge in [0.1, 0.15) is 11.5 Å². The third kappa shape index (κ3) is 5.11. The number of rotatable bonds is 4. The van der Waals surface area contributed by atoms with Gasteiger partial charge in [-0.3, -0.25) is 15.1 Å². The molecule has 0 radical (unpaired) electrons. The van der Waals surface area contributed by atoms with Crippen molar-refractivity contribution in [3.8, 4) is 11.3 Å². The molecule has 31 heavy (non-hydrogen) atoms. The summed E-state index contributed by atoms with van der Waals surface area (Å²) in [6, 6.07) is 18.1. The van der Waals surface area contributed by atoms with Crippen LogP contribution in [0.1, 0.15) is 5.76 Å². The highest BCUT2D eigenvalue weighted by Crippen LogP contribution is 2.31. The zero-order chi connectivity index (χ0) is 21.8. The summed E-state index contributed by atoms with van der Waals surface area (Å²) in [5, 5.41) is 7.75. The van der Waals surface area contributed by atoms with Crippen LogP contribution in [0.3, 0.4) is 0 Å². The van der Waals surface area contributed by atoms with E-state index in [2.05, 4.69) is 15.6 Å². The summed E-state index contributed by atoms with van der Waals surface area (Å²) in [6.07, 6.45) is 4.61. The van der Waals surface area contributed by atoms with Crippen LogP contribution in [0.2, 0.25) is 10.0 Å². The number of pyridine rings is 1. The number of anilines is 1. The van der Waals surface area contributed by atoms with E-state index in [1.807, 2.05) is 30.3 Å². The number of nitrogens with one attached hydrogen (secondary N) is 2. The third-order valence-electron chi connectivity index (χ3n) is 4.35. The SMILES string of the molecule is O=C(C=Cc1ccc(-c2ccc(Cl)cc2Cl)o1)NC(=S)Nc1cccc2ncccc12. The number of furan rings is 1. The number of fused-ring (bicyclic) bond motifs is 1. The predicted molar refractivity (Wildman–Crippen MR) is 129 cm³/mol. The summed E-state index contributed by atoms with van der Waals surface area (Å²) < 4.78 is 5.74. The fraction of sp³-hybridized carbons (Fsp3) is 0. The maximum atomic E-state index is 12.2. The number of nitrogens with zero attached hydrogens (tertiary/aromatic N) is 1. The Balaban J connectivity index is 1.39. The first-order valence-corrected chi connectivity index (χ1v) is 10.3. The molecule has 0 saturated heterocycles. The minimum atomic E-state index is -0.390. The molecule has 2 N–H and O–H groups in total. The number of benzene rings is 2. The van der Waals surface area contributed by atoms with Gasteiger partial charge in [-0.1, -0.05) is 29.3 Å². The Labute approximate surface area is 193 Å². The van der Waals surface area contributed by atoms with Crippen LogP contribution in [0.5, 0.6) is 0 Å². The fourth-order valence-corrected chi connectivity index (χ4v) is 3.67. The summed E-state index contributed by atoms with van der Waals surface area (Å²) in [5.41, 5.74) is 2.30. The summed E-state index contributed by atoms with van der Waals surface area (Å²) in [6.45, 7) is 0. The van der Waals surface area contributed by atoms with Gasteiger partial charge in [0, 0.05) is 33.9 Å². The van der Waals surface area contributed by atoms with Crippen molar-refractivity contribution in [1.29, 1.82) is 0 Å². The van der Waals surface area contributed by atoms with Crippen LogP contribution in [0, 0.1) is 0 Å².